The molecule has 2 aromatic carbocycles. The second-order valence-corrected chi connectivity index (χ2v) is 7.26. The summed E-state index contributed by atoms with van der Waals surface area (Å²) in [5, 5.41) is 0. The van der Waals surface area contributed by atoms with Crippen molar-refractivity contribution in [1.82, 2.24) is 4.90 Å². The Bertz CT molecular complexity index is 966. The molecule has 6 heteroatoms. The molecule has 29 heavy (non-hydrogen) atoms. The Kier molecular flexibility index (Phi) is 5.56. The smallest absolute Gasteiger partial charge is 0.232 e. The van der Waals surface area contributed by atoms with E-state index >= 15 is 0 Å². The topological polar surface area (TPSA) is 57.2 Å². The van der Waals surface area contributed by atoms with Gasteiger partial charge in [-0.1, -0.05) is 12.1 Å². The van der Waals surface area contributed by atoms with Gasteiger partial charge in [0, 0.05) is 26.8 Å². The lowest BCUT2D eigenvalue weighted by molar-refractivity contribution is 0.0822. The molecule has 0 saturated heterocycles. The third-order valence-electron chi connectivity index (χ3n) is 5.20. The van der Waals surface area contributed by atoms with Crippen molar-refractivity contribution >= 4 is 11.9 Å². The Balaban J connectivity index is 1.64. The van der Waals surface area contributed by atoms with Crippen molar-refractivity contribution in [1.29, 1.82) is 0 Å². The zero-order valence-corrected chi connectivity index (χ0v) is 17.0. The van der Waals surface area contributed by atoms with Crippen molar-refractivity contribution < 1.29 is 23.7 Å². The van der Waals surface area contributed by atoms with Crippen LogP contribution < -0.4 is 14.2 Å². The molecular weight excluding hydrogens is 370 g/mol. The number of nitrogens with zero attached hydrogens (tertiary/aromatic N) is 1. The molecule has 2 aliphatic rings. The van der Waals surface area contributed by atoms with Gasteiger partial charge >= 0.3 is 0 Å². The molecule has 0 unspecified atom stereocenters. The van der Waals surface area contributed by atoms with Crippen molar-refractivity contribution in [2.75, 3.05) is 34.1 Å². The van der Waals surface area contributed by atoms with Gasteiger partial charge in [-0.15, -0.1) is 0 Å². The lowest BCUT2D eigenvalue weighted by Crippen LogP contribution is -2.33. The zero-order valence-electron chi connectivity index (χ0n) is 17.0. The number of hydrogen-bond acceptors (Lipinski definition) is 6. The first kappa shape index (κ1) is 19.5. The van der Waals surface area contributed by atoms with Gasteiger partial charge in [0.15, 0.2) is 5.76 Å². The van der Waals surface area contributed by atoms with Gasteiger partial charge in [-0.2, -0.15) is 0 Å². The number of allylic oxidation sites excluding steroid dienone is 1. The highest BCUT2D eigenvalue weighted by atomic mass is 16.5. The van der Waals surface area contributed by atoms with Gasteiger partial charge in [0.25, 0.3) is 0 Å². The normalized spacial score (nSPS) is 16.9. The van der Waals surface area contributed by atoms with Crippen LogP contribution >= 0.6 is 0 Å². The van der Waals surface area contributed by atoms with Crippen molar-refractivity contribution in [3.8, 4) is 17.2 Å². The van der Waals surface area contributed by atoms with E-state index in [1.165, 1.54) is 0 Å². The number of benzene rings is 2. The molecule has 0 amide bonds. The van der Waals surface area contributed by atoms with E-state index in [1.807, 2.05) is 37.3 Å². The molecule has 6 nitrogen and oxygen atoms in total. The molecule has 2 aromatic rings. The first-order chi connectivity index (χ1) is 14.1. The first-order valence-corrected chi connectivity index (χ1v) is 9.69. The largest absolute Gasteiger partial charge is 0.497 e. The van der Waals surface area contributed by atoms with Crippen LogP contribution in [0.1, 0.15) is 33.5 Å². The number of ether oxygens (including phenoxy) is 4. The number of hydrogen-bond donors (Lipinski definition) is 0. The lowest BCUT2D eigenvalue weighted by Gasteiger charge is -2.30. The van der Waals surface area contributed by atoms with E-state index in [9.17, 15) is 4.79 Å². The van der Waals surface area contributed by atoms with E-state index in [1.54, 1.807) is 20.3 Å². The molecule has 0 N–H and O–H groups in total. The van der Waals surface area contributed by atoms with Crippen molar-refractivity contribution in [2.45, 2.75) is 19.9 Å². The number of aryl methyl sites for hydroxylation is 1. The molecule has 4 rings (SSSR count). The molecule has 0 aliphatic carbocycles. The second-order valence-electron chi connectivity index (χ2n) is 7.26. The Labute approximate surface area is 170 Å². The summed E-state index contributed by atoms with van der Waals surface area (Å²) in [4.78, 5) is 15.2. The van der Waals surface area contributed by atoms with Gasteiger partial charge in [0.1, 0.15) is 24.0 Å². The number of rotatable bonds is 6. The van der Waals surface area contributed by atoms with Crippen LogP contribution in [0.3, 0.4) is 0 Å². The third-order valence-corrected chi connectivity index (χ3v) is 5.20. The van der Waals surface area contributed by atoms with Crippen LogP contribution in [-0.2, 0) is 11.3 Å². The SMILES string of the molecule is COCCCN1COc2cc(C)c3c(c2C1)O/C(=C\c1cccc(OC)c1)C3=O. The molecule has 0 aromatic heterocycles. The predicted octanol–water partition coefficient (Wildman–Crippen LogP) is 3.81. The van der Waals surface area contributed by atoms with Crippen molar-refractivity contribution in [2.24, 2.45) is 0 Å². The van der Waals surface area contributed by atoms with Crippen molar-refractivity contribution in [3.63, 3.8) is 0 Å². The molecule has 0 bridgehead atoms. The van der Waals surface area contributed by atoms with Crippen LogP contribution in [-0.4, -0.2) is 44.8 Å². The Morgan fingerprint density at radius 1 is 1.24 bits per heavy atom. The summed E-state index contributed by atoms with van der Waals surface area (Å²) < 4.78 is 22.4. The number of carbonyl (C=O) groups is 1. The van der Waals surface area contributed by atoms with Gasteiger partial charge in [0.2, 0.25) is 5.78 Å². The highest BCUT2D eigenvalue weighted by Crippen LogP contribution is 2.44. The summed E-state index contributed by atoms with van der Waals surface area (Å²) in [6.07, 6.45) is 2.68. The number of fused-ring (bicyclic) bond motifs is 3. The highest BCUT2D eigenvalue weighted by molar-refractivity contribution is 6.15. The van der Waals surface area contributed by atoms with Gasteiger partial charge in [-0.3, -0.25) is 9.69 Å². The minimum atomic E-state index is -0.0976. The van der Waals surface area contributed by atoms with Crippen LogP contribution in [0.25, 0.3) is 6.08 Å². The molecule has 0 radical (unpaired) electrons. The van der Waals surface area contributed by atoms with Gasteiger partial charge in [0.05, 0.1) is 18.2 Å². The van der Waals surface area contributed by atoms with Crippen LogP contribution in [0.15, 0.2) is 36.1 Å². The van der Waals surface area contributed by atoms with Crippen molar-refractivity contribution in [3.05, 3.63) is 58.3 Å². The predicted molar refractivity (Wildman–Crippen MR) is 110 cm³/mol. The van der Waals surface area contributed by atoms with E-state index in [4.69, 9.17) is 18.9 Å². The second kappa shape index (κ2) is 8.27. The summed E-state index contributed by atoms with van der Waals surface area (Å²) in [5.74, 6) is 2.37. The van der Waals surface area contributed by atoms with Crippen LogP contribution in [0.4, 0.5) is 0 Å². The van der Waals surface area contributed by atoms with E-state index < -0.39 is 0 Å². The Morgan fingerprint density at radius 3 is 2.90 bits per heavy atom. The fourth-order valence-corrected chi connectivity index (χ4v) is 3.73. The quantitative estimate of drug-likeness (QED) is 0.548. The molecule has 152 valence electrons. The standard InChI is InChI=1S/C23H25NO5/c1-15-10-19-18(13-24(14-28-19)8-5-9-26-2)23-21(15)22(25)20(29-23)12-16-6-4-7-17(11-16)27-3/h4,6-7,10-12H,5,8-9,13-14H2,1-3H3/b20-12-. The van der Waals surface area contributed by atoms with Crippen LogP contribution in [0, 0.1) is 6.92 Å². The summed E-state index contributed by atoms with van der Waals surface area (Å²) in [6.45, 7) is 4.69. The van der Waals surface area contributed by atoms with E-state index in [0.717, 1.165) is 41.2 Å². The summed E-state index contributed by atoms with van der Waals surface area (Å²) in [7, 11) is 3.32. The summed E-state index contributed by atoms with van der Waals surface area (Å²) in [6, 6.07) is 9.48. The maximum atomic E-state index is 13.1. The van der Waals surface area contributed by atoms with Gasteiger partial charge < -0.3 is 18.9 Å². The average Bonchev–Trinajstić information content (AvgIpc) is 3.06. The monoisotopic (exact) mass is 395 g/mol. The van der Waals surface area contributed by atoms with E-state index in [0.29, 0.717) is 37.0 Å². The van der Waals surface area contributed by atoms with Crippen LogP contribution in [0.2, 0.25) is 0 Å². The number of ketones is 1. The average molecular weight is 395 g/mol. The summed E-state index contributed by atoms with van der Waals surface area (Å²) in [5.41, 5.74) is 3.27. The molecular formula is C23H25NO5. The minimum absolute atomic E-state index is 0.0976. The number of carbonyl (C=O) groups excluding carboxylic acids is 1. The Morgan fingerprint density at radius 2 is 2.10 bits per heavy atom. The molecule has 0 saturated carbocycles. The van der Waals surface area contributed by atoms with Gasteiger partial charge in [-0.05, 0) is 48.7 Å². The van der Waals surface area contributed by atoms with E-state index in [2.05, 4.69) is 4.90 Å². The fraction of sp³-hybridized carbons (Fsp3) is 0.348. The maximum Gasteiger partial charge on any atom is 0.232 e. The highest BCUT2D eigenvalue weighted by Gasteiger charge is 2.35. The molecule has 0 fully saturated rings. The number of methoxy groups -OCH3 is 2. The fourth-order valence-electron chi connectivity index (χ4n) is 3.73. The lowest BCUT2D eigenvalue weighted by atomic mass is 9.98. The molecule has 2 aliphatic heterocycles. The Hall–Kier alpha value is -2.83. The number of Topliss-reactive ketones (excluding diaryl/α,β-unsaturated/α-hetero) is 1. The minimum Gasteiger partial charge on any atom is -0.497 e. The molecule has 2 heterocycles. The molecule has 0 spiro atoms. The first-order valence-electron chi connectivity index (χ1n) is 9.69. The molecule has 0 atom stereocenters. The summed E-state index contributed by atoms with van der Waals surface area (Å²) >= 11 is 0. The van der Waals surface area contributed by atoms with Crippen LogP contribution in [0.5, 0.6) is 17.2 Å². The zero-order chi connectivity index (χ0) is 20.4. The van der Waals surface area contributed by atoms with Gasteiger partial charge in [-0.25, -0.2) is 0 Å². The maximum absolute atomic E-state index is 13.1. The third kappa shape index (κ3) is 3.86. The van der Waals surface area contributed by atoms with E-state index in [-0.39, 0.29) is 5.78 Å².